The lowest BCUT2D eigenvalue weighted by Crippen LogP contribution is -2.43. The van der Waals surface area contributed by atoms with E-state index in [0.29, 0.717) is 26.2 Å². The molecule has 1 aliphatic rings. The highest BCUT2D eigenvalue weighted by Gasteiger charge is 2.22. The summed E-state index contributed by atoms with van der Waals surface area (Å²) in [6.45, 7) is 5.40. The zero-order valence-corrected chi connectivity index (χ0v) is 11.8. The zero-order chi connectivity index (χ0) is 14.4. The van der Waals surface area contributed by atoms with Crippen LogP contribution in [0.15, 0.2) is 24.3 Å². The molecule has 2 rings (SSSR count). The lowest BCUT2D eigenvalue weighted by molar-refractivity contribution is -0.121. The normalized spacial score (nSPS) is 17.7. The Bertz CT molecular complexity index is 430. The van der Waals surface area contributed by atoms with Gasteiger partial charge in [-0.25, -0.2) is 4.39 Å². The van der Waals surface area contributed by atoms with Crippen LogP contribution >= 0.6 is 0 Å². The Balaban J connectivity index is 2.09. The van der Waals surface area contributed by atoms with Gasteiger partial charge in [0.05, 0.1) is 19.3 Å². The van der Waals surface area contributed by atoms with Crippen LogP contribution in [-0.4, -0.2) is 43.7 Å². The van der Waals surface area contributed by atoms with E-state index in [1.807, 2.05) is 6.92 Å². The molecule has 1 heterocycles. The Labute approximate surface area is 118 Å². The number of benzene rings is 1. The molecular formula is C15H21FN2O2. The van der Waals surface area contributed by atoms with Crippen molar-refractivity contribution in [3.63, 3.8) is 0 Å². The minimum absolute atomic E-state index is 0.0328. The highest BCUT2D eigenvalue weighted by molar-refractivity contribution is 5.75. The van der Waals surface area contributed by atoms with E-state index in [1.165, 1.54) is 12.1 Å². The highest BCUT2D eigenvalue weighted by atomic mass is 19.1. The maximum atomic E-state index is 13.1. The summed E-state index contributed by atoms with van der Waals surface area (Å²) in [5.74, 6) is -0.211. The number of rotatable bonds is 5. The molecule has 1 aromatic rings. The van der Waals surface area contributed by atoms with Gasteiger partial charge < -0.3 is 10.1 Å². The van der Waals surface area contributed by atoms with Crippen molar-refractivity contribution in [2.75, 3.05) is 32.8 Å². The highest BCUT2D eigenvalue weighted by Crippen LogP contribution is 2.21. The van der Waals surface area contributed by atoms with E-state index in [1.54, 1.807) is 12.1 Å². The largest absolute Gasteiger partial charge is 0.379 e. The quantitative estimate of drug-likeness (QED) is 0.893. The Morgan fingerprint density at radius 1 is 1.35 bits per heavy atom. The second kappa shape index (κ2) is 7.36. The third-order valence-electron chi connectivity index (χ3n) is 3.55. The molecule has 0 bridgehead atoms. The van der Waals surface area contributed by atoms with E-state index >= 15 is 0 Å². The molecule has 1 amide bonds. The van der Waals surface area contributed by atoms with Crippen LogP contribution in [0.5, 0.6) is 0 Å². The number of hydrogen-bond donors (Lipinski definition) is 1. The molecule has 0 aromatic heterocycles. The monoisotopic (exact) mass is 280 g/mol. The van der Waals surface area contributed by atoms with Gasteiger partial charge in [-0.05, 0) is 17.7 Å². The van der Waals surface area contributed by atoms with E-state index in [-0.39, 0.29) is 17.8 Å². The second-order valence-corrected chi connectivity index (χ2v) is 4.87. The Morgan fingerprint density at radius 2 is 2.00 bits per heavy atom. The SMILES string of the molecule is CCC(=O)NC[C@H](c1ccc(F)cc1)N1CCOCC1. The van der Waals surface area contributed by atoms with Crippen molar-refractivity contribution in [3.8, 4) is 0 Å². The smallest absolute Gasteiger partial charge is 0.219 e. The van der Waals surface area contributed by atoms with E-state index in [4.69, 9.17) is 4.74 Å². The number of ether oxygens (including phenoxy) is 1. The summed E-state index contributed by atoms with van der Waals surface area (Å²) in [6.07, 6.45) is 0.471. The molecule has 20 heavy (non-hydrogen) atoms. The number of carbonyl (C=O) groups excluding carboxylic acids is 1. The Hall–Kier alpha value is -1.46. The average Bonchev–Trinajstić information content (AvgIpc) is 2.50. The summed E-state index contributed by atoms with van der Waals surface area (Å²) >= 11 is 0. The fourth-order valence-corrected chi connectivity index (χ4v) is 2.37. The summed E-state index contributed by atoms with van der Waals surface area (Å²) in [5, 5.41) is 2.93. The fraction of sp³-hybridized carbons (Fsp3) is 0.533. The van der Waals surface area contributed by atoms with Gasteiger partial charge in [-0.1, -0.05) is 19.1 Å². The van der Waals surface area contributed by atoms with Gasteiger partial charge in [0.1, 0.15) is 5.82 Å². The molecular weight excluding hydrogens is 259 g/mol. The van der Waals surface area contributed by atoms with Gasteiger partial charge in [-0.2, -0.15) is 0 Å². The lowest BCUT2D eigenvalue weighted by Gasteiger charge is -2.34. The molecule has 1 saturated heterocycles. The number of hydrogen-bond acceptors (Lipinski definition) is 3. The molecule has 1 fully saturated rings. The topological polar surface area (TPSA) is 41.6 Å². The molecule has 5 heteroatoms. The van der Waals surface area contributed by atoms with Crippen LogP contribution in [-0.2, 0) is 9.53 Å². The van der Waals surface area contributed by atoms with Gasteiger partial charge in [0.25, 0.3) is 0 Å². The van der Waals surface area contributed by atoms with E-state index in [2.05, 4.69) is 10.2 Å². The molecule has 0 spiro atoms. The van der Waals surface area contributed by atoms with Crippen LogP contribution < -0.4 is 5.32 Å². The summed E-state index contributed by atoms with van der Waals surface area (Å²) in [6, 6.07) is 6.56. The summed E-state index contributed by atoms with van der Waals surface area (Å²) in [4.78, 5) is 13.7. The van der Waals surface area contributed by atoms with Crippen molar-refractivity contribution in [2.24, 2.45) is 0 Å². The molecule has 0 radical (unpaired) electrons. The first-order chi connectivity index (χ1) is 9.70. The molecule has 1 N–H and O–H groups in total. The maximum absolute atomic E-state index is 13.1. The first kappa shape index (κ1) is 14.9. The van der Waals surface area contributed by atoms with Crippen molar-refractivity contribution < 1.29 is 13.9 Å². The van der Waals surface area contributed by atoms with E-state index < -0.39 is 0 Å². The predicted molar refractivity (Wildman–Crippen MR) is 74.8 cm³/mol. The molecule has 1 atom stereocenters. The van der Waals surface area contributed by atoms with Crippen LogP contribution in [0.4, 0.5) is 4.39 Å². The van der Waals surface area contributed by atoms with Crippen LogP contribution in [0.1, 0.15) is 24.9 Å². The van der Waals surface area contributed by atoms with Crippen LogP contribution in [0.25, 0.3) is 0 Å². The number of nitrogens with one attached hydrogen (secondary N) is 1. The van der Waals surface area contributed by atoms with Gasteiger partial charge in [0, 0.05) is 26.1 Å². The zero-order valence-electron chi connectivity index (χ0n) is 11.8. The Kier molecular flexibility index (Phi) is 5.49. The fourth-order valence-electron chi connectivity index (χ4n) is 2.37. The van der Waals surface area contributed by atoms with Crippen LogP contribution in [0, 0.1) is 5.82 Å². The van der Waals surface area contributed by atoms with E-state index in [9.17, 15) is 9.18 Å². The predicted octanol–water partition coefficient (Wildman–Crippen LogP) is 1.73. The number of halogens is 1. The molecule has 0 saturated carbocycles. The van der Waals surface area contributed by atoms with Crippen molar-refractivity contribution in [1.82, 2.24) is 10.2 Å². The van der Waals surface area contributed by atoms with Gasteiger partial charge in [0.15, 0.2) is 0 Å². The summed E-state index contributed by atoms with van der Waals surface area (Å²) in [7, 11) is 0. The second-order valence-electron chi connectivity index (χ2n) is 4.87. The molecule has 1 aliphatic heterocycles. The maximum Gasteiger partial charge on any atom is 0.219 e. The summed E-state index contributed by atoms with van der Waals surface area (Å²) in [5.41, 5.74) is 1.02. The van der Waals surface area contributed by atoms with Gasteiger partial charge in [-0.3, -0.25) is 9.69 Å². The third kappa shape index (κ3) is 4.02. The molecule has 0 aliphatic carbocycles. The first-order valence-corrected chi connectivity index (χ1v) is 7.04. The lowest BCUT2D eigenvalue weighted by atomic mass is 10.0. The minimum Gasteiger partial charge on any atom is -0.379 e. The third-order valence-corrected chi connectivity index (χ3v) is 3.55. The van der Waals surface area contributed by atoms with E-state index in [0.717, 1.165) is 18.7 Å². The molecule has 1 aromatic carbocycles. The number of morpholine rings is 1. The molecule has 0 unspecified atom stereocenters. The minimum atomic E-state index is -0.243. The number of nitrogens with zero attached hydrogens (tertiary/aromatic N) is 1. The van der Waals surface area contributed by atoms with Crippen molar-refractivity contribution in [3.05, 3.63) is 35.6 Å². The first-order valence-electron chi connectivity index (χ1n) is 7.04. The van der Waals surface area contributed by atoms with Crippen molar-refractivity contribution in [2.45, 2.75) is 19.4 Å². The number of carbonyl (C=O) groups is 1. The molecule has 110 valence electrons. The van der Waals surface area contributed by atoms with Crippen LogP contribution in [0.3, 0.4) is 0 Å². The van der Waals surface area contributed by atoms with Crippen LogP contribution in [0.2, 0.25) is 0 Å². The van der Waals surface area contributed by atoms with Gasteiger partial charge in [0.2, 0.25) is 5.91 Å². The number of amides is 1. The van der Waals surface area contributed by atoms with Gasteiger partial charge in [-0.15, -0.1) is 0 Å². The average molecular weight is 280 g/mol. The van der Waals surface area contributed by atoms with Gasteiger partial charge >= 0.3 is 0 Å². The standard InChI is InChI=1S/C15H21FN2O2/c1-2-15(19)17-11-14(18-7-9-20-10-8-18)12-3-5-13(16)6-4-12/h3-6,14H,2,7-11H2,1H3,(H,17,19)/t14-/m1/s1. The van der Waals surface area contributed by atoms with Crippen molar-refractivity contribution >= 4 is 5.91 Å². The van der Waals surface area contributed by atoms with Crippen molar-refractivity contribution in [1.29, 1.82) is 0 Å². The Morgan fingerprint density at radius 3 is 2.60 bits per heavy atom. The molecule has 4 nitrogen and oxygen atoms in total. The summed E-state index contributed by atoms with van der Waals surface area (Å²) < 4.78 is 18.4.